The third kappa shape index (κ3) is 3.60. The van der Waals surface area contributed by atoms with E-state index >= 15 is 0 Å². The Balaban J connectivity index is 1.46. The molecule has 0 spiro atoms. The van der Waals surface area contributed by atoms with Gasteiger partial charge < -0.3 is 9.55 Å². The summed E-state index contributed by atoms with van der Waals surface area (Å²) < 4.78 is 15.9. The lowest BCUT2D eigenvalue weighted by atomic mass is 10.2. The average molecular weight is 470 g/mol. The maximum absolute atomic E-state index is 14.2. The zero-order valence-corrected chi connectivity index (χ0v) is 18.9. The Bertz CT molecular complexity index is 1440. The number of benzene rings is 1. The minimum Gasteiger partial charge on any atom is -0.309 e. The van der Waals surface area contributed by atoms with Gasteiger partial charge in [-0.3, -0.25) is 4.79 Å². The monoisotopic (exact) mass is 469 g/mol. The van der Waals surface area contributed by atoms with Crippen molar-refractivity contribution in [3.05, 3.63) is 69.2 Å². The average Bonchev–Trinajstić information content (AvgIpc) is 3.49. The summed E-state index contributed by atoms with van der Waals surface area (Å²) in [4.78, 5) is 22.2. The van der Waals surface area contributed by atoms with Crippen LogP contribution in [-0.2, 0) is 7.05 Å². The van der Waals surface area contributed by atoms with Gasteiger partial charge in [-0.1, -0.05) is 30.0 Å². The second kappa shape index (κ2) is 8.03. The number of thiophene rings is 2. The molecular formula is C21H16FN5OS3. The van der Waals surface area contributed by atoms with Crippen LogP contribution in [-0.4, -0.2) is 24.7 Å². The summed E-state index contributed by atoms with van der Waals surface area (Å²) in [5.74, 6) is 0.666. The molecule has 1 atom stereocenters. The molecule has 0 aliphatic rings. The minimum absolute atomic E-state index is 0.151. The van der Waals surface area contributed by atoms with E-state index in [1.54, 1.807) is 41.2 Å². The molecular weight excluding hydrogens is 453 g/mol. The molecule has 6 nitrogen and oxygen atoms in total. The molecule has 5 aromatic rings. The van der Waals surface area contributed by atoms with Gasteiger partial charge in [-0.05, 0) is 30.5 Å². The van der Waals surface area contributed by atoms with E-state index in [0.29, 0.717) is 32.6 Å². The Labute approximate surface area is 188 Å². The minimum atomic E-state index is -0.349. The van der Waals surface area contributed by atoms with Crippen LogP contribution < -0.4 is 5.56 Å². The molecule has 156 valence electrons. The fourth-order valence-corrected chi connectivity index (χ4v) is 5.92. The van der Waals surface area contributed by atoms with Crippen molar-refractivity contribution in [1.29, 1.82) is 0 Å². The van der Waals surface area contributed by atoms with Gasteiger partial charge in [-0.2, -0.15) is 0 Å². The Hall–Kier alpha value is -2.82. The van der Waals surface area contributed by atoms with Crippen LogP contribution in [0.1, 0.15) is 18.0 Å². The molecule has 0 fully saturated rings. The molecule has 31 heavy (non-hydrogen) atoms. The summed E-state index contributed by atoms with van der Waals surface area (Å²) in [5, 5.41) is 13.4. The summed E-state index contributed by atoms with van der Waals surface area (Å²) >= 11 is 4.47. The lowest BCUT2D eigenvalue weighted by Gasteiger charge is -2.10. The molecule has 0 aliphatic carbocycles. The second-order valence-electron chi connectivity index (χ2n) is 6.86. The van der Waals surface area contributed by atoms with Crippen LogP contribution in [0.3, 0.4) is 0 Å². The van der Waals surface area contributed by atoms with Crippen molar-refractivity contribution in [3.63, 3.8) is 0 Å². The molecule has 0 radical (unpaired) electrons. The van der Waals surface area contributed by atoms with E-state index in [1.807, 2.05) is 29.8 Å². The predicted molar refractivity (Wildman–Crippen MR) is 124 cm³/mol. The molecule has 4 aromatic heterocycles. The highest BCUT2D eigenvalue weighted by Gasteiger charge is 2.20. The van der Waals surface area contributed by atoms with E-state index in [2.05, 4.69) is 15.2 Å². The molecule has 4 heterocycles. The highest BCUT2D eigenvalue weighted by atomic mass is 32.2. The van der Waals surface area contributed by atoms with E-state index in [4.69, 9.17) is 4.98 Å². The normalized spacial score (nSPS) is 12.5. The molecule has 0 saturated carbocycles. The van der Waals surface area contributed by atoms with Gasteiger partial charge in [0.15, 0.2) is 11.0 Å². The smallest absolute Gasteiger partial charge is 0.260 e. The van der Waals surface area contributed by atoms with Crippen LogP contribution in [0.5, 0.6) is 0 Å². The first-order valence-electron chi connectivity index (χ1n) is 9.39. The number of H-pyrrole nitrogens is 1. The van der Waals surface area contributed by atoms with Crippen molar-refractivity contribution >= 4 is 44.7 Å². The quantitative estimate of drug-likeness (QED) is 0.344. The first kappa shape index (κ1) is 20.1. The maximum atomic E-state index is 14.2. The zero-order chi connectivity index (χ0) is 21.5. The van der Waals surface area contributed by atoms with E-state index < -0.39 is 0 Å². The SMILES string of the molecule is CC(Sc1nnc(-c2ccccc2F)n1C)c1nc2scc(-c3cccs3)c2c(=O)[nH]1. The standard InChI is InChI=1S/C21H16FN5OS3/c1-11(31-21-26-25-18(27(21)2)12-6-3-4-7-14(12)22)17-23-19(28)16-13(10-30-20(16)24-17)15-8-5-9-29-15/h3-11H,1-2H3,(H,23,24,28). The molecule has 0 amide bonds. The van der Waals surface area contributed by atoms with Gasteiger partial charge in [-0.25, -0.2) is 9.37 Å². The molecule has 1 N–H and O–H groups in total. The van der Waals surface area contributed by atoms with E-state index in [9.17, 15) is 9.18 Å². The van der Waals surface area contributed by atoms with Crippen molar-refractivity contribution in [3.8, 4) is 21.8 Å². The highest BCUT2D eigenvalue weighted by molar-refractivity contribution is 7.99. The number of nitrogens with one attached hydrogen (secondary N) is 1. The largest absolute Gasteiger partial charge is 0.309 e. The van der Waals surface area contributed by atoms with E-state index in [1.165, 1.54) is 29.2 Å². The number of thioether (sulfide) groups is 1. The Morgan fingerprint density at radius 1 is 1.13 bits per heavy atom. The summed E-state index contributed by atoms with van der Waals surface area (Å²) in [6.45, 7) is 1.94. The summed E-state index contributed by atoms with van der Waals surface area (Å²) in [6.07, 6.45) is 0. The van der Waals surface area contributed by atoms with Crippen LogP contribution in [0.4, 0.5) is 4.39 Å². The van der Waals surface area contributed by atoms with Crippen molar-refractivity contribution in [2.24, 2.45) is 7.05 Å². The van der Waals surface area contributed by atoms with Crippen molar-refractivity contribution in [1.82, 2.24) is 24.7 Å². The molecule has 0 saturated heterocycles. The Morgan fingerprint density at radius 3 is 2.74 bits per heavy atom. The van der Waals surface area contributed by atoms with Crippen LogP contribution in [0.2, 0.25) is 0 Å². The molecule has 0 aliphatic heterocycles. The van der Waals surface area contributed by atoms with Crippen molar-refractivity contribution < 1.29 is 4.39 Å². The van der Waals surface area contributed by atoms with Gasteiger partial charge in [-0.15, -0.1) is 32.9 Å². The number of hydrogen-bond donors (Lipinski definition) is 1. The summed E-state index contributed by atoms with van der Waals surface area (Å²) in [6, 6.07) is 10.4. The third-order valence-corrected chi connectivity index (χ3v) is 7.78. The van der Waals surface area contributed by atoms with E-state index in [0.717, 1.165) is 10.4 Å². The number of aromatic amines is 1. The number of rotatable bonds is 5. The van der Waals surface area contributed by atoms with Gasteiger partial charge >= 0.3 is 0 Å². The Morgan fingerprint density at radius 2 is 1.97 bits per heavy atom. The first-order chi connectivity index (χ1) is 15.0. The highest BCUT2D eigenvalue weighted by Crippen LogP contribution is 2.36. The van der Waals surface area contributed by atoms with Crippen LogP contribution in [0.25, 0.3) is 32.0 Å². The number of halogens is 1. The topological polar surface area (TPSA) is 76.5 Å². The third-order valence-electron chi connectivity index (χ3n) is 4.87. The number of aromatic nitrogens is 5. The van der Waals surface area contributed by atoms with Gasteiger partial charge in [0, 0.05) is 22.9 Å². The molecule has 1 aromatic carbocycles. The molecule has 10 heteroatoms. The fourth-order valence-electron chi connectivity index (χ4n) is 3.28. The Kier molecular flexibility index (Phi) is 5.20. The molecule has 1 unspecified atom stereocenters. The van der Waals surface area contributed by atoms with Gasteiger partial charge in [0.25, 0.3) is 5.56 Å². The van der Waals surface area contributed by atoms with Crippen molar-refractivity contribution in [2.75, 3.05) is 0 Å². The van der Waals surface area contributed by atoms with Crippen LogP contribution in [0, 0.1) is 5.82 Å². The van der Waals surface area contributed by atoms with Crippen LogP contribution in [0.15, 0.2) is 57.1 Å². The van der Waals surface area contributed by atoms with Gasteiger partial charge in [0.2, 0.25) is 0 Å². The predicted octanol–water partition coefficient (Wildman–Crippen LogP) is 5.50. The van der Waals surface area contributed by atoms with E-state index in [-0.39, 0.29) is 16.6 Å². The maximum Gasteiger partial charge on any atom is 0.260 e. The zero-order valence-electron chi connectivity index (χ0n) is 16.5. The number of hydrogen-bond acceptors (Lipinski definition) is 7. The first-order valence-corrected chi connectivity index (χ1v) is 12.0. The fraction of sp³-hybridized carbons (Fsp3) is 0.143. The summed E-state index contributed by atoms with van der Waals surface area (Å²) in [5.41, 5.74) is 1.16. The number of nitrogens with zero attached hydrogens (tertiary/aromatic N) is 4. The molecule has 0 bridgehead atoms. The lowest BCUT2D eigenvalue weighted by Crippen LogP contribution is -2.12. The molecule has 5 rings (SSSR count). The van der Waals surface area contributed by atoms with Crippen molar-refractivity contribution in [2.45, 2.75) is 17.3 Å². The van der Waals surface area contributed by atoms with Crippen LogP contribution >= 0.6 is 34.4 Å². The summed E-state index contributed by atoms with van der Waals surface area (Å²) in [7, 11) is 1.79. The second-order valence-corrected chi connectivity index (χ2v) is 9.98. The lowest BCUT2D eigenvalue weighted by molar-refractivity contribution is 0.628. The van der Waals surface area contributed by atoms with Gasteiger partial charge in [0.05, 0.1) is 16.2 Å². The number of fused-ring (bicyclic) bond motifs is 1. The van der Waals surface area contributed by atoms with Gasteiger partial charge in [0.1, 0.15) is 16.5 Å².